The molecule has 1 aromatic rings. The summed E-state index contributed by atoms with van der Waals surface area (Å²) < 4.78 is 11.8. The first-order chi connectivity index (χ1) is 10.1. The van der Waals surface area contributed by atoms with Crippen LogP contribution < -0.4 is 15.0 Å². The van der Waals surface area contributed by atoms with Crippen molar-refractivity contribution in [1.82, 2.24) is 10.3 Å². The van der Waals surface area contributed by atoms with E-state index in [0.29, 0.717) is 6.61 Å². The van der Waals surface area contributed by atoms with Crippen molar-refractivity contribution < 1.29 is 9.47 Å². The molecule has 0 saturated carbocycles. The van der Waals surface area contributed by atoms with Crippen LogP contribution >= 0.6 is 0 Å². The number of hydrogen-bond acceptors (Lipinski definition) is 5. The Morgan fingerprint density at radius 3 is 2.90 bits per heavy atom. The molecule has 2 saturated heterocycles. The van der Waals surface area contributed by atoms with Crippen molar-refractivity contribution in [2.75, 3.05) is 37.7 Å². The van der Waals surface area contributed by atoms with Crippen LogP contribution in [-0.4, -0.2) is 49.5 Å². The second-order valence-corrected chi connectivity index (χ2v) is 6.47. The number of ether oxygens (including phenoxy) is 2. The monoisotopic (exact) mass is 291 g/mol. The maximum absolute atomic E-state index is 5.95. The number of rotatable bonds is 4. The maximum atomic E-state index is 5.95. The van der Waals surface area contributed by atoms with Crippen molar-refractivity contribution in [3.05, 3.63) is 18.5 Å². The number of nitrogens with one attached hydrogen (secondary N) is 1. The van der Waals surface area contributed by atoms with Gasteiger partial charge < -0.3 is 19.7 Å². The molecule has 2 aliphatic heterocycles. The highest BCUT2D eigenvalue weighted by molar-refractivity contribution is 5.48. The maximum Gasteiger partial charge on any atom is 0.139 e. The van der Waals surface area contributed by atoms with Gasteiger partial charge in [0, 0.05) is 32.2 Å². The first kappa shape index (κ1) is 14.6. The third kappa shape index (κ3) is 3.86. The van der Waals surface area contributed by atoms with Crippen molar-refractivity contribution in [1.29, 1.82) is 0 Å². The minimum atomic E-state index is -0.00503. The molecule has 0 amide bonds. The van der Waals surface area contributed by atoms with Gasteiger partial charge in [-0.1, -0.05) is 0 Å². The van der Waals surface area contributed by atoms with Gasteiger partial charge in [0.15, 0.2) is 0 Å². The Hall–Kier alpha value is -1.33. The fraction of sp³-hybridized carbons (Fsp3) is 0.688. The second-order valence-electron chi connectivity index (χ2n) is 6.47. The average molecular weight is 291 g/mol. The largest absolute Gasteiger partial charge is 0.489 e. The summed E-state index contributed by atoms with van der Waals surface area (Å²) in [5.74, 6) is 0.833. The van der Waals surface area contributed by atoms with Crippen LogP contribution in [0.4, 0.5) is 5.69 Å². The summed E-state index contributed by atoms with van der Waals surface area (Å²) in [4.78, 5) is 6.64. The molecule has 5 nitrogen and oxygen atoms in total. The predicted octanol–water partition coefficient (Wildman–Crippen LogP) is 1.83. The van der Waals surface area contributed by atoms with E-state index in [2.05, 4.69) is 35.1 Å². The lowest BCUT2D eigenvalue weighted by Crippen LogP contribution is -2.43. The molecule has 21 heavy (non-hydrogen) atoms. The molecule has 0 aliphatic carbocycles. The Kier molecular flexibility index (Phi) is 4.31. The Labute approximate surface area is 126 Å². The molecular weight excluding hydrogens is 266 g/mol. The summed E-state index contributed by atoms with van der Waals surface area (Å²) in [6, 6.07) is 2.08. The van der Waals surface area contributed by atoms with Crippen LogP contribution in [0, 0.1) is 0 Å². The van der Waals surface area contributed by atoms with E-state index in [0.717, 1.165) is 50.5 Å². The molecule has 3 rings (SSSR count). The lowest BCUT2D eigenvalue weighted by Gasteiger charge is -2.29. The molecule has 1 unspecified atom stereocenters. The van der Waals surface area contributed by atoms with Crippen molar-refractivity contribution >= 4 is 5.69 Å². The molecular formula is C16H25N3O2. The average Bonchev–Trinajstić information content (AvgIpc) is 2.86. The topological polar surface area (TPSA) is 46.6 Å². The molecule has 0 radical (unpaired) electrons. The summed E-state index contributed by atoms with van der Waals surface area (Å²) in [5.41, 5.74) is 1.14. The SMILES string of the molecule is CC1(C)CCC(COc2cncc(N3CCNCC3)c2)O1. The lowest BCUT2D eigenvalue weighted by atomic mass is 10.1. The van der Waals surface area contributed by atoms with E-state index in [1.165, 1.54) is 0 Å². The van der Waals surface area contributed by atoms with Crippen LogP contribution in [0.5, 0.6) is 5.75 Å². The third-order valence-corrected chi connectivity index (χ3v) is 4.17. The molecule has 0 spiro atoms. The first-order valence-electron chi connectivity index (χ1n) is 7.84. The van der Waals surface area contributed by atoms with Crippen LogP contribution in [0.2, 0.25) is 0 Å². The number of aromatic nitrogens is 1. The molecule has 3 heterocycles. The predicted molar refractivity (Wildman–Crippen MR) is 83.0 cm³/mol. The first-order valence-corrected chi connectivity index (χ1v) is 7.84. The van der Waals surface area contributed by atoms with Gasteiger partial charge in [-0.15, -0.1) is 0 Å². The number of hydrogen-bond donors (Lipinski definition) is 1. The van der Waals surface area contributed by atoms with E-state index in [4.69, 9.17) is 9.47 Å². The van der Waals surface area contributed by atoms with Gasteiger partial charge in [0.25, 0.3) is 0 Å². The van der Waals surface area contributed by atoms with Gasteiger partial charge in [-0.3, -0.25) is 4.98 Å². The highest BCUT2D eigenvalue weighted by atomic mass is 16.6. The molecule has 1 N–H and O–H groups in total. The third-order valence-electron chi connectivity index (χ3n) is 4.17. The van der Waals surface area contributed by atoms with Crippen molar-refractivity contribution in [2.45, 2.75) is 38.4 Å². The summed E-state index contributed by atoms with van der Waals surface area (Å²) in [6.45, 7) is 8.97. The van der Waals surface area contributed by atoms with Gasteiger partial charge in [-0.2, -0.15) is 0 Å². The minimum absolute atomic E-state index is 0.00503. The zero-order valence-electron chi connectivity index (χ0n) is 13.0. The van der Waals surface area contributed by atoms with Gasteiger partial charge in [0.05, 0.1) is 29.8 Å². The minimum Gasteiger partial charge on any atom is -0.489 e. The van der Waals surface area contributed by atoms with Crippen LogP contribution in [0.1, 0.15) is 26.7 Å². The molecule has 116 valence electrons. The molecule has 0 bridgehead atoms. The van der Waals surface area contributed by atoms with Crippen molar-refractivity contribution in [3.8, 4) is 5.75 Å². The van der Waals surface area contributed by atoms with Gasteiger partial charge in [0.2, 0.25) is 0 Å². The molecule has 5 heteroatoms. The standard InChI is InChI=1S/C16H25N3O2/c1-16(2)4-3-14(21-16)12-20-15-9-13(10-18-11-15)19-7-5-17-6-8-19/h9-11,14,17H,3-8,12H2,1-2H3. The van der Waals surface area contributed by atoms with Crippen LogP contribution in [-0.2, 0) is 4.74 Å². The molecule has 2 fully saturated rings. The summed E-state index contributed by atoms with van der Waals surface area (Å²) in [6.07, 6.45) is 6.06. The Morgan fingerprint density at radius 1 is 1.38 bits per heavy atom. The zero-order valence-corrected chi connectivity index (χ0v) is 13.0. The highest BCUT2D eigenvalue weighted by Gasteiger charge is 2.31. The Bertz CT molecular complexity index is 472. The Morgan fingerprint density at radius 2 is 2.19 bits per heavy atom. The van der Waals surface area contributed by atoms with E-state index < -0.39 is 0 Å². The molecule has 1 atom stereocenters. The molecule has 1 aromatic heterocycles. The van der Waals surface area contributed by atoms with Crippen molar-refractivity contribution in [3.63, 3.8) is 0 Å². The lowest BCUT2D eigenvalue weighted by molar-refractivity contribution is -0.0326. The van der Waals surface area contributed by atoms with Gasteiger partial charge in [-0.05, 0) is 26.7 Å². The van der Waals surface area contributed by atoms with Crippen molar-refractivity contribution in [2.24, 2.45) is 0 Å². The summed E-state index contributed by atoms with van der Waals surface area (Å²) >= 11 is 0. The number of pyridine rings is 1. The normalized spacial score (nSPS) is 25.0. The quantitative estimate of drug-likeness (QED) is 0.917. The van der Waals surface area contributed by atoms with Crippen LogP contribution in [0.3, 0.4) is 0 Å². The number of nitrogens with zero attached hydrogens (tertiary/aromatic N) is 2. The van der Waals surface area contributed by atoms with Gasteiger partial charge >= 0.3 is 0 Å². The highest BCUT2D eigenvalue weighted by Crippen LogP contribution is 2.30. The fourth-order valence-corrected chi connectivity index (χ4v) is 2.97. The summed E-state index contributed by atoms with van der Waals surface area (Å²) in [7, 11) is 0. The molecule has 0 aromatic carbocycles. The van der Waals surface area contributed by atoms with Crippen LogP contribution in [0.15, 0.2) is 18.5 Å². The van der Waals surface area contributed by atoms with E-state index >= 15 is 0 Å². The van der Waals surface area contributed by atoms with E-state index in [1.807, 2.05) is 6.20 Å². The Balaban J connectivity index is 1.56. The van der Waals surface area contributed by atoms with Gasteiger partial charge in [0.1, 0.15) is 12.4 Å². The summed E-state index contributed by atoms with van der Waals surface area (Å²) in [5, 5.41) is 3.36. The smallest absolute Gasteiger partial charge is 0.139 e. The van der Waals surface area contributed by atoms with E-state index in [1.54, 1.807) is 6.20 Å². The number of anilines is 1. The second kappa shape index (κ2) is 6.20. The molecule has 2 aliphatic rings. The van der Waals surface area contributed by atoms with E-state index in [-0.39, 0.29) is 11.7 Å². The van der Waals surface area contributed by atoms with E-state index in [9.17, 15) is 0 Å². The fourth-order valence-electron chi connectivity index (χ4n) is 2.97. The number of piperazine rings is 1. The van der Waals surface area contributed by atoms with Crippen LogP contribution in [0.25, 0.3) is 0 Å². The zero-order chi connectivity index (χ0) is 14.7. The van der Waals surface area contributed by atoms with Gasteiger partial charge in [-0.25, -0.2) is 0 Å².